The van der Waals surface area contributed by atoms with Gasteiger partial charge in [0.25, 0.3) is 5.91 Å². The molecule has 4 N–H and O–H groups in total. The van der Waals surface area contributed by atoms with E-state index < -0.39 is 18.1 Å². The molecular formula is C19H27N3O4. The van der Waals surface area contributed by atoms with Crippen molar-refractivity contribution in [3.05, 3.63) is 29.8 Å². The Hall–Kier alpha value is -2.57. The minimum atomic E-state index is -0.903. The van der Waals surface area contributed by atoms with E-state index in [9.17, 15) is 14.4 Å². The van der Waals surface area contributed by atoms with E-state index in [2.05, 4.69) is 24.5 Å². The van der Waals surface area contributed by atoms with Crippen molar-refractivity contribution in [1.29, 1.82) is 0 Å². The number of primary amides is 1. The van der Waals surface area contributed by atoms with Crippen LogP contribution in [0.4, 0.5) is 10.5 Å². The van der Waals surface area contributed by atoms with Crippen LogP contribution in [0.1, 0.15) is 50.4 Å². The summed E-state index contributed by atoms with van der Waals surface area (Å²) in [5, 5.41) is 5.39. The molecule has 142 valence electrons. The number of hydrogen-bond acceptors (Lipinski definition) is 4. The summed E-state index contributed by atoms with van der Waals surface area (Å²) in [6, 6.07) is 5.57. The Labute approximate surface area is 153 Å². The van der Waals surface area contributed by atoms with Crippen LogP contribution in [0.5, 0.6) is 0 Å². The van der Waals surface area contributed by atoms with Gasteiger partial charge in [-0.25, -0.2) is 9.59 Å². The van der Waals surface area contributed by atoms with Crippen LogP contribution in [0.25, 0.3) is 0 Å². The maximum atomic E-state index is 12.4. The van der Waals surface area contributed by atoms with Gasteiger partial charge in [-0.3, -0.25) is 4.79 Å². The lowest BCUT2D eigenvalue weighted by atomic mass is 9.78. The van der Waals surface area contributed by atoms with Crippen molar-refractivity contribution in [2.24, 2.45) is 17.6 Å². The zero-order valence-electron chi connectivity index (χ0n) is 15.5. The quantitative estimate of drug-likeness (QED) is 0.700. The predicted molar refractivity (Wildman–Crippen MR) is 98.6 cm³/mol. The molecule has 2 rings (SSSR count). The first-order chi connectivity index (χ1) is 12.3. The fourth-order valence-corrected chi connectivity index (χ4v) is 3.23. The number of rotatable bonds is 5. The van der Waals surface area contributed by atoms with Crippen molar-refractivity contribution in [3.63, 3.8) is 0 Å². The molecular weight excluding hydrogens is 334 g/mol. The van der Waals surface area contributed by atoms with Crippen molar-refractivity contribution >= 4 is 23.6 Å². The SMILES string of the molecule is C[C@@H]1[C@H](C)CCC[C@@H]1NC(=O)[C@@H](C)OC(=O)c1cccc(NC(N)=O)c1. The highest BCUT2D eigenvalue weighted by Gasteiger charge is 2.30. The average molecular weight is 361 g/mol. The number of anilines is 1. The van der Waals surface area contributed by atoms with Gasteiger partial charge < -0.3 is 21.1 Å². The highest BCUT2D eigenvalue weighted by atomic mass is 16.5. The average Bonchev–Trinajstić information content (AvgIpc) is 2.58. The van der Waals surface area contributed by atoms with Crippen molar-refractivity contribution in [3.8, 4) is 0 Å². The highest BCUT2D eigenvalue weighted by Crippen LogP contribution is 2.29. The van der Waals surface area contributed by atoms with Gasteiger partial charge in [-0.1, -0.05) is 32.8 Å². The van der Waals surface area contributed by atoms with E-state index in [4.69, 9.17) is 10.5 Å². The fourth-order valence-electron chi connectivity index (χ4n) is 3.23. The molecule has 1 fully saturated rings. The zero-order chi connectivity index (χ0) is 19.3. The number of amides is 3. The summed E-state index contributed by atoms with van der Waals surface area (Å²) < 4.78 is 5.27. The lowest BCUT2D eigenvalue weighted by Gasteiger charge is -2.35. The molecule has 1 saturated carbocycles. The van der Waals surface area contributed by atoms with E-state index in [1.165, 1.54) is 12.5 Å². The van der Waals surface area contributed by atoms with Gasteiger partial charge in [-0.05, 0) is 43.4 Å². The van der Waals surface area contributed by atoms with Gasteiger partial charge in [-0.2, -0.15) is 0 Å². The third kappa shape index (κ3) is 5.21. The van der Waals surface area contributed by atoms with Gasteiger partial charge in [0, 0.05) is 11.7 Å². The molecule has 26 heavy (non-hydrogen) atoms. The zero-order valence-corrected chi connectivity index (χ0v) is 15.5. The molecule has 7 heteroatoms. The predicted octanol–water partition coefficient (Wildman–Crippen LogP) is 2.66. The van der Waals surface area contributed by atoms with Crippen molar-refractivity contribution in [1.82, 2.24) is 5.32 Å². The first-order valence-electron chi connectivity index (χ1n) is 8.95. The maximum Gasteiger partial charge on any atom is 0.338 e. The van der Waals surface area contributed by atoms with Crippen molar-refractivity contribution < 1.29 is 19.1 Å². The van der Waals surface area contributed by atoms with E-state index in [1.807, 2.05) is 0 Å². The summed E-state index contributed by atoms with van der Waals surface area (Å²) in [6.45, 7) is 5.89. The summed E-state index contributed by atoms with van der Waals surface area (Å²) in [5.41, 5.74) is 5.68. The van der Waals surface area contributed by atoms with Crippen LogP contribution in [-0.2, 0) is 9.53 Å². The molecule has 1 aliphatic carbocycles. The van der Waals surface area contributed by atoms with E-state index in [0.717, 1.165) is 12.8 Å². The normalized spacial score (nSPS) is 23.6. The third-order valence-electron chi connectivity index (χ3n) is 5.05. The smallest absolute Gasteiger partial charge is 0.338 e. The lowest BCUT2D eigenvalue weighted by molar-refractivity contribution is -0.130. The molecule has 0 aliphatic heterocycles. The molecule has 1 aromatic rings. The second-order valence-electron chi connectivity index (χ2n) is 7.00. The Balaban J connectivity index is 1.93. The number of benzene rings is 1. The molecule has 0 aromatic heterocycles. The lowest BCUT2D eigenvalue weighted by Crippen LogP contribution is -2.47. The molecule has 0 spiro atoms. The van der Waals surface area contributed by atoms with E-state index in [-0.39, 0.29) is 17.5 Å². The fraction of sp³-hybridized carbons (Fsp3) is 0.526. The Morgan fingerprint density at radius 1 is 1.23 bits per heavy atom. The summed E-state index contributed by atoms with van der Waals surface area (Å²) >= 11 is 0. The van der Waals surface area contributed by atoms with Gasteiger partial charge in [-0.15, -0.1) is 0 Å². The van der Waals surface area contributed by atoms with Crippen LogP contribution in [0.15, 0.2) is 24.3 Å². The minimum absolute atomic E-state index is 0.107. The third-order valence-corrected chi connectivity index (χ3v) is 5.05. The van der Waals surface area contributed by atoms with E-state index >= 15 is 0 Å². The molecule has 0 bridgehead atoms. The van der Waals surface area contributed by atoms with Crippen LogP contribution in [-0.4, -0.2) is 30.1 Å². The van der Waals surface area contributed by atoms with Gasteiger partial charge in [0.05, 0.1) is 5.56 Å². The maximum absolute atomic E-state index is 12.4. The summed E-state index contributed by atoms with van der Waals surface area (Å²) in [4.78, 5) is 35.5. The van der Waals surface area contributed by atoms with Gasteiger partial charge in [0.2, 0.25) is 0 Å². The number of ether oxygens (including phenoxy) is 1. The topological polar surface area (TPSA) is 111 Å². The Bertz CT molecular complexity index is 677. The number of esters is 1. The molecule has 4 atom stereocenters. The number of hydrogen-bond donors (Lipinski definition) is 3. The van der Waals surface area contributed by atoms with Crippen molar-refractivity contribution in [2.75, 3.05) is 5.32 Å². The number of nitrogens with two attached hydrogens (primary N) is 1. The Kier molecular flexibility index (Phi) is 6.60. The monoisotopic (exact) mass is 361 g/mol. The van der Waals surface area contributed by atoms with Gasteiger partial charge in [0.1, 0.15) is 0 Å². The van der Waals surface area contributed by atoms with E-state index in [0.29, 0.717) is 17.5 Å². The first kappa shape index (κ1) is 19.8. The van der Waals surface area contributed by atoms with Gasteiger partial charge >= 0.3 is 12.0 Å². The molecule has 1 aromatic carbocycles. The van der Waals surface area contributed by atoms with Crippen LogP contribution >= 0.6 is 0 Å². The van der Waals surface area contributed by atoms with Crippen LogP contribution in [0.3, 0.4) is 0 Å². The van der Waals surface area contributed by atoms with E-state index in [1.54, 1.807) is 25.1 Å². The number of nitrogens with one attached hydrogen (secondary N) is 2. The molecule has 1 aliphatic rings. The molecule has 0 heterocycles. The molecule has 0 unspecified atom stereocenters. The van der Waals surface area contributed by atoms with Crippen LogP contribution in [0.2, 0.25) is 0 Å². The largest absolute Gasteiger partial charge is 0.449 e. The molecule has 0 radical (unpaired) electrons. The highest BCUT2D eigenvalue weighted by molar-refractivity contribution is 5.95. The minimum Gasteiger partial charge on any atom is -0.449 e. The Morgan fingerprint density at radius 3 is 2.65 bits per heavy atom. The number of carbonyl (C=O) groups excluding carboxylic acids is 3. The second-order valence-corrected chi connectivity index (χ2v) is 7.00. The molecule has 3 amide bonds. The first-order valence-corrected chi connectivity index (χ1v) is 8.95. The number of urea groups is 1. The second kappa shape index (κ2) is 8.69. The standard InChI is InChI=1S/C19H27N3O4/c1-11-6-4-9-16(12(11)2)22-17(23)13(3)26-18(24)14-7-5-8-15(10-14)21-19(20)25/h5,7-8,10-13,16H,4,6,9H2,1-3H3,(H,22,23)(H3,20,21,25)/t11-,12-,13-,16+/m1/s1. The summed E-state index contributed by atoms with van der Waals surface area (Å²) in [7, 11) is 0. The van der Waals surface area contributed by atoms with Crippen molar-refractivity contribution in [2.45, 2.75) is 52.2 Å². The summed E-state index contributed by atoms with van der Waals surface area (Å²) in [6.07, 6.45) is 2.30. The number of carbonyl (C=O) groups is 3. The molecule has 0 saturated heterocycles. The molecule has 7 nitrogen and oxygen atoms in total. The summed E-state index contributed by atoms with van der Waals surface area (Å²) in [5.74, 6) is 0.0288. The van der Waals surface area contributed by atoms with Crippen LogP contribution < -0.4 is 16.4 Å². The van der Waals surface area contributed by atoms with Gasteiger partial charge in [0.15, 0.2) is 6.10 Å². The van der Waals surface area contributed by atoms with Crippen LogP contribution in [0, 0.1) is 11.8 Å². The Morgan fingerprint density at radius 2 is 1.96 bits per heavy atom.